The standard InChI is InChI=1S/C13H17N5/c1-18-6-10(8-2-4-9(14)5-3-8)11-12(15)16-7-17-13(11)18/h2,6-7,9H,3-5,14H2,1H3,(H2,15,16,17). The molecular formula is C13H17N5. The summed E-state index contributed by atoms with van der Waals surface area (Å²) < 4.78 is 2.00. The third-order valence-corrected chi connectivity index (χ3v) is 3.58. The van der Waals surface area contributed by atoms with Gasteiger partial charge >= 0.3 is 0 Å². The Balaban J connectivity index is 2.18. The van der Waals surface area contributed by atoms with Crippen LogP contribution in [-0.2, 0) is 7.05 Å². The fraction of sp³-hybridized carbons (Fsp3) is 0.385. The van der Waals surface area contributed by atoms with Crippen molar-refractivity contribution in [2.45, 2.75) is 25.3 Å². The van der Waals surface area contributed by atoms with Gasteiger partial charge in [-0.05, 0) is 24.8 Å². The van der Waals surface area contributed by atoms with E-state index in [0.717, 1.165) is 35.9 Å². The fourth-order valence-corrected chi connectivity index (χ4v) is 2.58. The van der Waals surface area contributed by atoms with Crippen LogP contribution in [-0.4, -0.2) is 20.6 Å². The van der Waals surface area contributed by atoms with Crippen molar-refractivity contribution in [3.05, 3.63) is 24.2 Å². The first-order valence-electron chi connectivity index (χ1n) is 6.17. The first-order valence-corrected chi connectivity index (χ1v) is 6.17. The average Bonchev–Trinajstić information content (AvgIpc) is 2.70. The predicted molar refractivity (Wildman–Crippen MR) is 72.7 cm³/mol. The molecule has 18 heavy (non-hydrogen) atoms. The van der Waals surface area contributed by atoms with Gasteiger partial charge in [-0.3, -0.25) is 0 Å². The van der Waals surface area contributed by atoms with Crippen molar-refractivity contribution < 1.29 is 0 Å². The molecule has 0 saturated heterocycles. The normalized spacial score (nSPS) is 20.1. The third-order valence-electron chi connectivity index (χ3n) is 3.58. The van der Waals surface area contributed by atoms with Gasteiger partial charge in [0.15, 0.2) is 0 Å². The summed E-state index contributed by atoms with van der Waals surface area (Å²) in [6.45, 7) is 0. The summed E-state index contributed by atoms with van der Waals surface area (Å²) in [6, 6.07) is 0.289. The van der Waals surface area contributed by atoms with E-state index >= 15 is 0 Å². The van der Waals surface area contributed by atoms with Crippen molar-refractivity contribution in [3.8, 4) is 0 Å². The lowest BCUT2D eigenvalue weighted by Crippen LogP contribution is -2.21. The van der Waals surface area contributed by atoms with E-state index in [0.29, 0.717) is 5.82 Å². The molecular weight excluding hydrogens is 226 g/mol. The molecule has 2 aromatic heterocycles. The Labute approximate surface area is 106 Å². The molecule has 5 heteroatoms. The number of hydrogen-bond acceptors (Lipinski definition) is 4. The number of aryl methyl sites for hydroxylation is 1. The molecule has 0 spiro atoms. The number of rotatable bonds is 1. The molecule has 2 aromatic rings. The summed E-state index contributed by atoms with van der Waals surface area (Å²) >= 11 is 0. The van der Waals surface area contributed by atoms with Crippen molar-refractivity contribution in [1.82, 2.24) is 14.5 Å². The van der Waals surface area contributed by atoms with E-state index in [1.54, 1.807) is 0 Å². The molecule has 1 aliphatic carbocycles. The molecule has 0 aliphatic heterocycles. The van der Waals surface area contributed by atoms with Gasteiger partial charge in [-0.1, -0.05) is 6.08 Å². The Morgan fingerprint density at radius 2 is 2.22 bits per heavy atom. The zero-order chi connectivity index (χ0) is 12.7. The van der Waals surface area contributed by atoms with E-state index in [1.807, 2.05) is 11.6 Å². The highest BCUT2D eigenvalue weighted by atomic mass is 15.0. The molecule has 1 unspecified atom stereocenters. The zero-order valence-electron chi connectivity index (χ0n) is 10.4. The number of aromatic nitrogens is 3. The summed E-state index contributed by atoms with van der Waals surface area (Å²) in [5, 5.41) is 0.960. The maximum Gasteiger partial charge on any atom is 0.145 e. The Bertz CT molecular complexity index is 626. The van der Waals surface area contributed by atoms with Crippen molar-refractivity contribution in [2.24, 2.45) is 12.8 Å². The quantitative estimate of drug-likeness (QED) is 0.794. The molecule has 5 nitrogen and oxygen atoms in total. The van der Waals surface area contributed by atoms with Gasteiger partial charge in [0.2, 0.25) is 0 Å². The molecule has 0 saturated carbocycles. The van der Waals surface area contributed by atoms with Gasteiger partial charge in [0.1, 0.15) is 17.8 Å². The summed E-state index contributed by atoms with van der Waals surface area (Å²) in [6.07, 6.45) is 8.75. The van der Waals surface area contributed by atoms with Crippen LogP contribution in [0.25, 0.3) is 16.6 Å². The highest BCUT2D eigenvalue weighted by Crippen LogP contribution is 2.33. The third kappa shape index (κ3) is 1.67. The summed E-state index contributed by atoms with van der Waals surface area (Å²) in [4.78, 5) is 8.38. The van der Waals surface area contributed by atoms with Gasteiger partial charge in [-0.15, -0.1) is 0 Å². The van der Waals surface area contributed by atoms with E-state index in [9.17, 15) is 0 Å². The van der Waals surface area contributed by atoms with E-state index in [4.69, 9.17) is 11.5 Å². The zero-order valence-corrected chi connectivity index (χ0v) is 10.4. The van der Waals surface area contributed by atoms with Gasteiger partial charge in [-0.2, -0.15) is 0 Å². The van der Waals surface area contributed by atoms with Gasteiger partial charge in [0.05, 0.1) is 5.39 Å². The van der Waals surface area contributed by atoms with Crippen LogP contribution in [0.5, 0.6) is 0 Å². The molecule has 0 aromatic carbocycles. The molecule has 0 amide bonds. The number of hydrogen-bond donors (Lipinski definition) is 2. The molecule has 94 valence electrons. The van der Waals surface area contributed by atoms with Crippen LogP contribution in [0.1, 0.15) is 24.8 Å². The number of allylic oxidation sites excluding steroid dienone is 1. The fourth-order valence-electron chi connectivity index (χ4n) is 2.58. The summed E-state index contributed by atoms with van der Waals surface area (Å²) in [5.74, 6) is 0.548. The SMILES string of the molecule is Cn1cc(C2=CCC(N)CC2)c2c(N)ncnc21. The lowest BCUT2D eigenvalue weighted by Gasteiger charge is -2.17. The minimum absolute atomic E-state index is 0.289. The first kappa shape index (κ1) is 11.2. The highest BCUT2D eigenvalue weighted by molar-refractivity contribution is 5.97. The molecule has 1 aliphatic rings. The van der Waals surface area contributed by atoms with Crippen LogP contribution in [0.15, 0.2) is 18.6 Å². The molecule has 3 rings (SSSR count). The van der Waals surface area contributed by atoms with Gasteiger partial charge in [0.25, 0.3) is 0 Å². The topological polar surface area (TPSA) is 82.8 Å². The molecule has 1 atom stereocenters. The van der Waals surface area contributed by atoms with Crippen molar-refractivity contribution in [2.75, 3.05) is 5.73 Å². The second-order valence-corrected chi connectivity index (χ2v) is 4.88. The molecule has 0 fully saturated rings. The Morgan fingerprint density at radius 3 is 2.94 bits per heavy atom. The van der Waals surface area contributed by atoms with Crippen LogP contribution >= 0.6 is 0 Å². The molecule has 2 heterocycles. The number of fused-ring (bicyclic) bond motifs is 1. The van der Waals surface area contributed by atoms with Crippen LogP contribution in [0, 0.1) is 0 Å². The van der Waals surface area contributed by atoms with Crippen LogP contribution in [0.2, 0.25) is 0 Å². The Morgan fingerprint density at radius 1 is 1.39 bits per heavy atom. The average molecular weight is 243 g/mol. The lowest BCUT2D eigenvalue weighted by atomic mass is 9.91. The van der Waals surface area contributed by atoms with Crippen molar-refractivity contribution in [1.29, 1.82) is 0 Å². The maximum absolute atomic E-state index is 5.99. The van der Waals surface area contributed by atoms with Gasteiger partial charge in [-0.25, -0.2) is 9.97 Å². The summed E-state index contributed by atoms with van der Waals surface area (Å²) in [7, 11) is 1.98. The van der Waals surface area contributed by atoms with Crippen LogP contribution in [0.4, 0.5) is 5.82 Å². The predicted octanol–water partition coefficient (Wildman–Crippen LogP) is 1.45. The van der Waals surface area contributed by atoms with E-state index < -0.39 is 0 Å². The number of nitrogens with zero attached hydrogens (tertiary/aromatic N) is 3. The molecule has 0 bridgehead atoms. The Kier molecular flexibility index (Phi) is 2.56. The lowest BCUT2D eigenvalue weighted by molar-refractivity contribution is 0.614. The van der Waals surface area contributed by atoms with E-state index in [-0.39, 0.29) is 6.04 Å². The largest absolute Gasteiger partial charge is 0.383 e. The van der Waals surface area contributed by atoms with Crippen molar-refractivity contribution in [3.63, 3.8) is 0 Å². The van der Waals surface area contributed by atoms with Gasteiger partial charge < -0.3 is 16.0 Å². The Hall–Kier alpha value is -1.88. The van der Waals surface area contributed by atoms with E-state index in [2.05, 4.69) is 22.2 Å². The second-order valence-electron chi connectivity index (χ2n) is 4.88. The summed E-state index contributed by atoms with van der Waals surface area (Å²) in [5.41, 5.74) is 15.3. The molecule has 4 N–H and O–H groups in total. The number of anilines is 1. The second kappa shape index (κ2) is 4.10. The number of nitrogen functional groups attached to an aromatic ring is 1. The first-order chi connectivity index (χ1) is 8.66. The van der Waals surface area contributed by atoms with Gasteiger partial charge in [0, 0.05) is 24.8 Å². The molecule has 0 radical (unpaired) electrons. The number of nitrogens with two attached hydrogens (primary N) is 2. The maximum atomic E-state index is 5.99. The smallest absolute Gasteiger partial charge is 0.145 e. The minimum atomic E-state index is 0.289. The van der Waals surface area contributed by atoms with E-state index in [1.165, 1.54) is 11.9 Å². The minimum Gasteiger partial charge on any atom is -0.383 e. The van der Waals surface area contributed by atoms with Crippen LogP contribution < -0.4 is 11.5 Å². The van der Waals surface area contributed by atoms with Crippen molar-refractivity contribution >= 4 is 22.4 Å². The monoisotopic (exact) mass is 243 g/mol. The van der Waals surface area contributed by atoms with Crippen LogP contribution in [0.3, 0.4) is 0 Å². The highest BCUT2D eigenvalue weighted by Gasteiger charge is 2.18.